The van der Waals surface area contributed by atoms with E-state index < -0.39 is 0 Å². The van der Waals surface area contributed by atoms with E-state index in [-0.39, 0.29) is 5.41 Å². The zero-order valence-corrected chi connectivity index (χ0v) is 34.4. The molecule has 8 aromatic rings. The van der Waals surface area contributed by atoms with Gasteiger partial charge in [0.05, 0.1) is 0 Å². The minimum Gasteiger partial charge on any atom is -0.0877 e. The van der Waals surface area contributed by atoms with Gasteiger partial charge in [0, 0.05) is 5.41 Å². The molecule has 0 aromatic heterocycles. The lowest BCUT2D eigenvalue weighted by atomic mass is 9.81. The predicted molar refractivity (Wildman–Crippen MR) is 255 cm³/mol. The van der Waals surface area contributed by atoms with Gasteiger partial charge >= 0.3 is 0 Å². The van der Waals surface area contributed by atoms with E-state index in [0.717, 1.165) is 12.8 Å². The highest BCUT2D eigenvalue weighted by Crippen LogP contribution is 2.50. The van der Waals surface area contributed by atoms with Gasteiger partial charge in [0.2, 0.25) is 0 Å². The zero-order chi connectivity index (χ0) is 40.1. The summed E-state index contributed by atoms with van der Waals surface area (Å²) in [7, 11) is 0. The zero-order valence-electron chi connectivity index (χ0n) is 34.4. The van der Waals surface area contributed by atoms with Crippen molar-refractivity contribution >= 4 is 38.3 Å². The van der Waals surface area contributed by atoms with E-state index in [4.69, 9.17) is 0 Å². The Labute approximate surface area is 349 Å². The van der Waals surface area contributed by atoms with Crippen molar-refractivity contribution in [1.29, 1.82) is 0 Å². The molecular formula is C59H48. The predicted octanol–water partition coefficient (Wildman–Crippen LogP) is 16.5. The minimum atomic E-state index is -0.0232. The van der Waals surface area contributed by atoms with Crippen molar-refractivity contribution in [2.24, 2.45) is 0 Å². The molecule has 0 fully saturated rings. The molecule has 0 heteroatoms. The molecule has 0 saturated carbocycles. The third-order valence-corrected chi connectivity index (χ3v) is 12.9. The van der Waals surface area contributed by atoms with Gasteiger partial charge in [0.25, 0.3) is 0 Å². The highest BCUT2D eigenvalue weighted by atomic mass is 14.4. The number of allylic oxidation sites excluding steroid dienone is 8. The van der Waals surface area contributed by atoms with Crippen LogP contribution in [0.2, 0.25) is 0 Å². The Balaban J connectivity index is 1.10. The molecule has 10 rings (SSSR count). The van der Waals surface area contributed by atoms with Crippen LogP contribution in [0.3, 0.4) is 0 Å². The Morgan fingerprint density at radius 3 is 1.73 bits per heavy atom. The molecule has 8 aromatic carbocycles. The van der Waals surface area contributed by atoms with E-state index in [1.807, 2.05) is 0 Å². The Morgan fingerprint density at radius 2 is 1.02 bits per heavy atom. The van der Waals surface area contributed by atoms with Gasteiger partial charge in [-0.1, -0.05) is 196 Å². The number of hydrogen-bond donors (Lipinski definition) is 0. The van der Waals surface area contributed by atoms with Gasteiger partial charge in [-0.05, 0) is 149 Å². The summed E-state index contributed by atoms with van der Waals surface area (Å²) in [6.07, 6.45) is 13.1. The lowest BCUT2D eigenvalue weighted by molar-refractivity contribution is 0.660. The van der Waals surface area contributed by atoms with Gasteiger partial charge in [-0.2, -0.15) is 0 Å². The first-order valence-corrected chi connectivity index (χ1v) is 21.1. The van der Waals surface area contributed by atoms with Crippen molar-refractivity contribution in [2.45, 2.75) is 46.0 Å². The second-order valence-corrected chi connectivity index (χ2v) is 16.8. The van der Waals surface area contributed by atoms with Crippen LogP contribution < -0.4 is 0 Å². The van der Waals surface area contributed by atoms with Crippen LogP contribution in [0.4, 0.5) is 0 Å². The van der Waals surface area contributed by atoms with E-state index in [9.17, 15) is 0 Å². The summed E-state index contributed by atoms with van der Waals surface area (Å²) >= 11 is 0. The van der Waals surface area contributed by atoms with E-state index in [0.29, 0.717) is 0 Å². The fourth-order valence-corrected chi connectivity index (χ4v) is 9.73. The summed E-state index contributed by atoms with van der Waals surface area (Å²) in [5, 5.41) is 5.19. The molecule has 0 atom stereocenters. The number of hydrogen-bond acceptors (Lipinski definition) is 0. The van der Waals surface area contributed by atoms with Gasteiger partial charge in [-0.25, -0.2) is 0 Å². The average molecular weight is 757 g/mol. The fourth-order valence-electron chi connectivity index (χ4n) is 9.73. The summed E-state index contributed by atoms with van der Waals surface area (Å²) < 4.78 is 0. The van der Waals surface area contributed by atoms with Gasteiger partial charge in [0.15, 0.2) is 0 Å². The van der Waals surface area contributed by atoms with E-state index in [1.165, 1.54) is 111 Å². The SMILES string of the molecule is C/C=C\C=C(/C)c1ccc(-c2c3ccccc3c(C3=CC=C(c4ccccc4)CC3)c3cc(-c4ccc(-c5ccc6c(c5)C(C)(C)c5ccccc5-6)cc4)ccc23)cc1. The summed E-state index contributed by atoms with van der Waals surface area (Å²) in [5.74, 6) is 0. The molecule has 2 aliphatic carbocycles. The first kappa shape index (κ1) is 36.6. The molecule has 0 bridgehead atoms. The molecule has 0 radical (unpaired) electrons. The van der Waals surface area contributed by atoms with E-state index in [2.05, 4.69) is 222 Å². The highest BCUT2D eigenvalue weighted by molar-refractivity contribution is 6.19. The molecule has 0 aliphatic heterocycles. The fraction of sp³-hybridized carbons (Fsp3) is 0.119. The standard InChI is InChI=1S/C59H48/c1-5-6-14-39(2)40-21-29-45(30-22-40)57-51-18-10-11-19-52(51)58(46-31-27-42(28-32-46)41-15-8-7-9-16-41)54-37-47(34-36-53(54)57)43-23-25-44(26-24-43)48-33-35-50-49-17-12-13-20-55(49)59(3,4)56(50)38-48/h5-27,29-31,33-38H,28,32H2,1-4H3/b6-5-,39-14+. The normalized spacial score (nSPS) is 14.7. The molecule has 0 heterocycles. The molecule has 2 aliphatic rings. The lowest BCUT2D eigenvalue weighted by Crippen LogP contribution is -2.14. The molecule has 0 amide bonds. The summed E-state index contributed by atoms with van der Waals surface area (Å²) in [5.41, 5.74) is 21.0. The maximum absolute atomic E-state index is 2.46. The van der Waals surface area contributed by atoms with Gasteiger partial charge in [-0.15, -0.1) is 0 Å². The molecular weight excluding hydrogens is 709 g/mol. The molecule has 0 unspecified atom stereocenters. The van der Waals surface area contributed by atoms with Crippen LogP contribution in [-0.2, 0) is 5.41 Å². The number of benzene rings is 8. The Morgan fingerprint density at radius 1 is 0.458 bits per heavy atom. The number of fused-ring (bicyclic) bond motifs is 5. The van der Waals surface area contributed by atoms with Crippen molar-refractivity contribution < 1.29 is 0 Å². The molecule has 0 saturated heterocycles. The highest BCUT2D eigenvalue weighted by Gasteiger charge is 2.35. The van der Waals surface area contributed by atoms with Gasteiger partial charge in [0.1, 0.15) is 0 Å². The maximum atomic E-state index is 2.46. The largest absolute Gasteiger partial charge is 0.0877 e. The summed E-state index contributed by atoms with van der Waals surface area (Å²) in [4.78, 5) is 0. The summed E-state index contributed by atoms with van der Waals surface area (Å²) in [6.45, 7) is 8.96. The van der Waals surface area contributed by atoms with Crippen molar-refractivity contribution in [3.63, 3.8) is 0 Å². The monoisotopic (exact) mass is 756 g/mol. The number of rotatable bonds is 7. The van der Waals surface area contributed by atoms with Crippen LogP contribution in [0.5, 0.6) is 0 Å². The van der Waals surface area contributed by atoms with Crippen LogP contribution in [-0.4, -0.2) is 0 Å². The van der Waals surface area contributed by atoms with Crippen molar-refractivity contribution in [2.75, 3.05) is 0 Å². The molecule has 284 valence electrons. The summed E-state index contributed by atoms with van der Waals surface area (Å²) in [6, 6.07) is 61.4. The molecule has 0 spiro atoms. The second-order valence-electron chi connectivity index (χ2n) is 16.8. The third kappa shape index (κ3) is 6.41. The second kappa shape index (κ2) is 14.9. The van der Waals surface area contributed by atoms with Crippen LogP contribution in [0.15, 0.2) is 194 Å². The van der Waals surface area contributed by atoms with Crippen LogP contribution in [0.1, 0.15) is 68.4 Å². The average Bonchev–Trinajstić information content (AvgIpc) is 3.52. The topological polar surface area (TPSA) is 0 Å². The van der Waals surface area contributed by atoms with Crippen LogP contribution in [0, 0.1) is 0 Å². The lowest BCUT2D eigenvalue weighted by Gasteiger charge is -2.22. The molecule has 0 N–H and O–H groups in total. The van der Waals surface area contributed by atoms with Gasteiger partial charge in [-0.3, -0.25) is 0 Å². The smallest absolute Gasteiger partial charge is 0.0159 e. The molecule has 0 nitrogen and oxygen atoms in total. The third-order valence-electron chi connectivity index (χ3n) is 12.9. The maximum Gasteiger partial charge on any atom is 0.0159 e. The first-order valence-electron chi connectivity index (χ1n) is 21.1. The molecule has 59 heavy (non-hydrogen) atoms. The van der Waals surface area contributed by atoms with Crippen LogP contribution in [0.25, 0.3) is 82.8 Å². The van der Waals surface area contributed by atoms with Crippen molar-refractivity contribution in [1.82, 2.24) is 0 Å². The Kier molecular flexibility index (Phi) is 9.22. The van der Waals surface area contributed by atoms with Crippen molar-refractivity contribution in [3.8, 4) is 44.5 Å². The Bertz CT molecular complexity index is 3030. The van der Waals surface area contributed by atoms with Gasteiger partial charge < -0.3 is 0 Å². The quantitative estimate of drug-likeness (QED) is 0.112. The minimum absolute atomic E-state index is 0.0232. The van der Waals surface area contributed by atoms with Crippen LogP contribution >= 0.6 is 0 Å². The Hall–Kier alpha value is -6.76. The first-order chi connectivity index (χ1) is 28.9. The van der Waals surface area contributed by atoms with E-state index in [1.54, 1.807) is 0 Å². The van der Waals surface area contributed by atoms with E-state index >= 15 is 0 Å². The van der Waals surface area contributed by atoms with Crippen molar-refractivity contribution in [3.05, 3.63) is 222 Å².